The summed E-state index contributed by atoms with van der Waals surface area (Å²) < 4.78 is 41.2. The Morgan fingerprint density at radius 1 is 1.44 bits per heavy atom. The molecule has 0 saturated carbocycles. The van der Waals surface area contributed by atoms with E-state index in [0.717, 1.165) is 36.9 Å². The van der Waals surface area contributed by atoms with Crippen molar-refractivity contribution < 1.29 is 23.1 Å². The third kappa shape index (κ3) is 4.94. The monoisotopic (exact) mass is 362 g/mol. The molecule has 1 unspecified atom stereocenters. The molecule has 0 radical (unpaired) electrons. The van der Waals surface area contributed by atoms with E-state index < -0.39 is 24.0 Å². The fourth-order valence-electron chi connectivity index (χ4n) is 3.12. The Morgan fingerprint density at radius 2 is 2.12 bits per heavy atom. The molecule has 0 spiro atoms. The van der Waals surface area contributed by atoms with E-state index in [-0.39, 0.29) is 18.9 Å². The zero-order valence-corrected chi connectivity index (χ0v) is 14.3. The molecule has 6 nitrogen and oxygen atoms in total. The number of halogens is 3. The molecule has 2 rings (SSSR count). The smallest absolute Gasteiger partial charge is 0.374 e. The van der Waals surface area contributed by atoms with E-state index in [1.165, 1.54) is 19.4 Å². The highest BCUT2D eigenvalue weighted by Gasteiger charge is 2.57. The van der Waals surface area contributed by atoms with Crippen LogP contribution in [0.1, 0.15) is 37.9 Å². The van der Waals surface area contributed by atoms with Crippen molar-refractivity contribution in [2.45, 2.75) is 43.9 Å². The Hall–Kier alpha value is -1.61. The number of aliphatic hydroxyl groups is 1. The van der Waals surface area contributed by atoms with E-state index in [0.29, 0.717) is 5.92 Å². The highest BCUT2D eigenvalue weighted by Crippen LogP contribution is 2.40. The molecule has 1 aliphatic heterocycles. The number of nitrogens with one attached hydrogen (secondary N) is 2. The number of carbonyl (C=O) groups excluding carboxylic acids is 1. The second-order valence-corrected chi connectivity index (χ2v) is 6.55. The number of aryl methyl sites for hydroxylation is 1. The predicted molar refractivity (Wildman–Crippen MR) is 85.6 cm³/mol. The maximum Gasteiger partial charge on any atom is 0.424 e. The summed E-state index contributed by atoms with van der Waals surface area (Å²) in [5.41, 5.74) is -3.09. The summed E-state index contributed by atoms with van der Waals surface area (Å²) in [6.45, 7) is 1.61. The number of nitrogens with zero attached hydrogens (tertiary/aromatic N) is 2. The van der Waals surface area contributed by atoms with Gasteiger partial charge in [0.25, 0.3) is 0 Å². The molecule has 1 amide bonds. The Kier molecular flexibility index (Phi) is 6.45. The molecule has 2 heterocycles. The molecule has 1 aliphatic rings. The zero-order chi connectivity index (χ0) is 18.5. The van der Waals surface area contributed by atoms with Gasteiger partial charge in [0, 0.05) is 38.8 Å². The molecule has 3 N–H and O–H groups in total. The van der Waals surface area contributed by atoms with Crippen LogP contribution in [0.15, 0.2) is 12.4 Å². The molecule has 1 fully saturated rings. The van der Waals surface area contributed by atoms with Crippen molar-refractivity contribution in [3.8, 4) is 0 Å². The highest BCUT2D eigenvalue weighted by molar-refractivity contribution is 5.75. The first kappa shape index (κ1) is 19.7. The van der Waals surface area contributed by atoms with Crippen LogP contribution < -0.4 is 10.6 Å². The summed E-state index contributed by atoms with van der Waals surface area (Å²) >= 11 is 0. The minimum atomic E-state index is -4.88. The van der Waals surface area contributed by atoms with Crippen LogP contribution in [-0.2, 0) is 17.4 Å². The average Bonchev–Trinajstić information content (AvgIpc) is 2.99. The summed E-state index contributed by atoms with van der Waals surface area (Å²) in [7, 11) is 1.39. The van der Waals surface area contributed by atoms with Crippen LogP contribution in [0.3, 0.4) is 0 Å². The average molecular weight is 362 g/mol. The lowest BCUT2D eigenvalue weighted by Gasteiger charge is -2.30. The van der Waals surface area contributed by atoms with Crippen molar-refractivity contribution in [2.75, 3.05) is 19.6 Å². The number of hydrogen-bond donors (Lipinski definition) is 3. The summed E-state index contributed by atoms with van der Waals surface area (Å²) in [5, 5.41) is 15.9. The maximum absolute atomic E-state index is 13.3. The van der Waals surface area contributed by atoms with E-state index in [1.807, 2.05) is 0 Å². The van der Waals surface area contributed by atoms with Crippen LogP contribution in [0.25, 0.3) is 0 Å². The summed E-state index contributed by atoms with van der Waals surface area (Å²) in [6.07, 6.45) is 0.0220. The highest BCUT2D eigenvalue weighted by atomic mass is 19.4. The molecule has 1 saturated heterocycles. The first-order valence-electron chi connectivity index (χ1n) is 8.48. The molecule has 25 heavy (non-hydrogen) atoms. The Labute approximate surface area is 144 Å². The van der Waals surface area contributed by atoms with Crippen molar-refractivity contribution in [3.05, 3.63) is 18.2 Å². The molecule has 0 aliphatic carbocycles. The van der Waals surface area contributed by atoms with Gasteiger partial charge >= 0.3 is 6.18 Å². The van der Waals surface area contributed by atoms with Crippen LogP contribution in [0.2, 0.25) is 0 Å². The SMILES string of the molecule is Cn1ccnc1C(O)(CCNC(=O)CCC1CCNCC1)C(F)(F)F. The van der Waals surface area contributed by atoms with Gasteiger partial charge in [0.2, 0.25) is 11.5 Å². The van der Waals surface area contributed by atoms with Gasteiger partial charge in [0.05, 0.1) is 0 Å². The Morgan fingerprint density at radius 3 is 2.68 bits per heavy atom. The number of hydrogen-bond acceptors (Lipinski definition) is 4. The fraction of sp³-hybridized carbons (Fsp3) is 0.750. The molecule has 1 aromatic heterocycles. The van der Waals surface area contributed by atoms with Crippen molar-refractivity contribution >= 4 is 5.91 Å². The van der Waals surface area contributed by atoms with Gasteiger partial charge in [0.1, 0.15) is 5.82 Å². The van der Waals surface area contributed by atoms with E-state index >= 15 is 0 Å². The van der Waals surface area contributed by atoms with E-state index in [4.69, 9.17) is 0 Å². The van der Waals surface area contributed by atoms with Gasteiger partial charge in [-0.1, -0.05) is 0 Å². The van der Waals surface area contributed by atoms with Gasteiger partial charge in [-0.2, -0.15) is 13.2 Å². The van der Waals surface area contributed by atoms with Crippen molar-refractivity contribution in [1.82, 2.24) is 20.2 Å². The molecular weight excluding hydrogens is 337 g/mol. The van der Waals surface area contributed by atoms with E-state index in [9.17, 15) is 23.1 Å². The lowest BCUT2D eigenvalue weighted by atomic mass is 9.93. The van der Waals surface area contributed by atoms with Crippen molar-refractivity contribution in [3.63, 3.8) is 0 Å². The largest absolute Gasteiger partial charge is 0.424 e. The zero-order valence-electron chi connectivity index (χ0n) is 14.3. The Balaban J connectivity index is 1.84. The molecule has 1 aromatic rings. The quantitative estimate of drug-likeness (QED) is 0.686. The number of aromatic nitrogens is 2. The minimum Gasteiger partial charge on any atom is -0.374 e. The van der Waals surface area contributed by atoms with Gasteiger partial charge in [0.15, 0.2) is 0 Å². The number of imidazole rings is 1. The molecule has 9 heteroatoms. The minimum absolute atomic E-state index is 0.270. The van der Waals surface area contributed by atoms with Gasteiger partial charge in [-0.25, -0.2) is 4.98 Å². The summed E-state index contributed by atoms with van der Waals surface area (Å²) in [6, 6.07) is 0. The van der Waals surface area contributed by atoms with Crippen LogP contribution in [0.4, 0.5) is 13.2 Å². The summed E-state index contributed by atoms with van der Waals surface area (Å²) in [4.78, 5) is 15.5. The van der Waals surface area contributed by atoms with Crippen LogP contribution in [0, 0.1) is 5.92 Å². The fourth-order valence-corrected chi connectivity index (χ4v) is 3.12. The first-order valence-corrected chi connectivity index (χ1v) is 8.48. The second kappa shape index (κ2) is 8.18. The van der Waals surface area contributed by atoms with Crippen LogP contribution in [0.5, 0.6) is 0 Å². The van der Waals surface area contributed by atoms with Crippen LogP contribution >= 0.6 is 0 Å². The number of piperidine rings is 1. The van der Waals surface area contributed by atoms with Crippen molar-refractivity contribution in [2.24, 2.45) is 13.0 Å². The number of rotatable bonds is 7. The number of amides is 1. The van der Waals surface area contributed by atoms with Gasteiger partial charge in [-0.3, -0.25) is 4.79 Å². The van der Waals surface area contributed by atoms with Crippen LogP contribution in [-0.4, -0.2) is 46.4 Å². The molecule has 0 bridgehead atoms. The lowest BCUT2D eigenvalue weighted by Crippen LogP contribution is -2.46. The third-order valence-electron chi connectivity index (χ3n) is 4.71. The summed E-state index contributed by atoms with van der Waals surface area (Å²) in [5.74, 6) is -0.293. The number of alkyl halides is 3. The first-order chi connectivity index (χ1) is 11.7. The van der Waals surface area contributed by atoms with Gasteiger partial charge < -0.3 is 20.3 Å². The number of carbonyl (C=O) groups is 1. The standard InChI is InChI=1S/C16H25F3N4O2/c1-23-11-10-22-14(23)15(25,16(17,18)19)6-9-21-13(24)3-2-12-4-7-20-8-5-12/h10-12,20,25H,2-9H2,1H3,(H,21,24). The van der Waals surface area contributed by atoms with Crippen molar-refractivity contribution in [1.29, 1.82) is 0 Å². The third-order valence-corrected chi connectivity index (χ3v) is 4.71. The maximum atomic E-state index is 13.3. The Bertz CT molecular complexity index is 570. The topological polar surface area (TPSA) is 79.2 Å². The van der Waals surface area contributed by atoms with Gasteiger partial charge in [-0.05, 0) is 38.3 Å². The van der Waals surface area contributed by atoms with E-state index in [1.54, 1.807) is 0 Å². The molecule has 1 atom stereocenters. The molecule has 142 valence electrons. The molecule has 0 aromatic carbocycles. The molecular formula is C16H25F3N4O2. The normalized spacial score (nSPS) is 18.8. The van der Waals surface area contributed by atoms with Gasteiger partial charge in [-0.15, -0.1) is 0 Å². The predicted octanol–water partition coefficient (Wildman–Crippen LogP) is 1.46. The second-order valence-electron chi connectivity index (χ2n) is 6.55. The lowest BCUT2D eigenvalue weighted by molar-refractivity contribution is -0.272. The van der Waals surface area contributed by atoms with E-state index in [2.05, 4.69) is 15.6 Å².